The fourth-order valence-electron chi connectivity index (χ4n) is 2.01. The molecule has 2 unspecified atom stereocenters. The lowest BCUT2D eigenvalue weighted by Crippen LogP contribution is -2.35. The zero-order valence-electron chi connectivity index (χ0n) is 10.0. The number of carbonyl (C=O) groups is 1. The van der Waals surface area contributed by atoms with Gasteiger partial charge in [0.2, 0.25) is 0 Å². The molecular formula is C12H21NO2S. The van der Waals surface area contributed by atoms with Gasteiger partial charge in [0.05, 0.1) is 0 Å². The molecule has 3 nitrogen and oxygen atoms in total. The second-order valence-corrected chi connectivity index (χ2v) is 5.46. The lowest BCUT2D eigenvalue weighted by Gasteiger charge is -2.28. The van der Waals surface area contributed by atoms with Gasteiger partial charge in [0, 0.05) is 23.4 Å². The number of rotatable bonds is 5. The summed E-state index contributed by atoms with van der Waals surface area (Å²) in [6.45, 7) is 2.31. The Bertz CT molecular complexity index is 266. The van der Waals surface area contributed by atoms with Crippen molar-refractivity contribution >= 4 is 17.7 Å². The molecule has 1 rings (SSSR count). The van der Waals surface area contributed by atoms with E-state index in [0.29, 0.717) is 18.2 Å². The van der Waals surface area contributed by atoms with Crippen LogP contribution in [0.5, 0.6) is 0 Å². The van der Waals surface area contributed by atoms with Crippen LogP contribution in [0, 0.1) is 0 Å². The molecular weight excluding hydrogens is 222 g/mol. The van der Waals surface area contributed by atoms with Gasteiger partial charge in [-0.25, -0.2) is 4.79 Å². The normalized spacial score (nSPS) is 26.8. The molecule has 2 atom stereocenters. The summed E-state index contributed by atoms with van der Waals surface area (Å²) in [5.74, 6) is -0.826. The van der Waals surface area contributed by atoms with Gasteiger partial charge in [0.1, 0.15) is 0 Å². The van der Waals surface area contributed by atoms with Crippen LogP contribution >= 0.6 is 11.8 Å². The van der Waals surface area contributed by atoms with Crippen LogP contribution in [-0.4, -0.2) is 35.2 Å². The third-order valence-corrected chi connectivity index (χ3v) is 4.21. The van der Waals surface area contributed by atoms with Crippen LogP contribution in [-0.2, 0) is 4.79 Å². The zero-order valence-corrected chi connectivity index (χ0v) is 10.8. The third-order valence-electron chi connectivity index (χ3n) is 3.11. The molecule has 0 aromatic carbocycles. The lowest BCUT2D eigenvalue weighted by molar-refractivity contribution is -0.132. The predicted molar refractivity (Wildman–Crippen MR) is 69.0 cm³/mol. The first-order chi connectivity index (χ1) is 7.63. The molecule has 2 N–H and O–H groups in total. The van der Waals surface area contributed by atoms with Crippen LogP contribution in [0.1, 0.15) is 32.6 Å². The third kappa shape index (κ3) is 4.58. The summed E-state index contributed by atoms with van der Waals surface area (Å²) in [5, 5.41) is 12.9. The molecule has 0 spiro atoms. The van der Waals surface area contributed by atoms with E-state index in [2.05, 4.69) is 11.6 Å². The van der Waals surface area contributed by atoms with Crippen molar-refractivity contribution in [1.82, 2.24) is 5.32 Å². The Morgan fingerprint density at radius 1 is 1.56 bits per heavy atom. The number of aliphatic carboxylic acids is 1. The molecule has 92 valence electrons. The van der Waals surface area contributed by atoms with E-state index in [0.717, 1.165) is 5.25 Å². The van der Waals surface area contributed by atoms with E-state index >= 15 is 0 Å². The number of hydrogen-bond donors (Lipinski definition) is 2. The number of carboxylic acids is 1. The fraction of sp³-hybridized carbons (Fsp3) is 0.750. The maximum Gasteiger partial charge on any atom is 0.330 e. The molecule has 1 saturated carbocycles. The second-order valence-electron chi connectivity index (χ2n) is 4.32. The molecule has 1 aliphatic rings. The number of thioether (sulfide) groups is 1. The molecule has 0 radical (unpaired) electrons. The smallest absolute Gasteiger partial charge is 0.330 e. The van der Waals surface area contributed by atoms with Crippen LogP contribution in [0.3, 0.4) is 0 Å². The van der Waals surface area contributed by atoms with Crippen molar-refractivity contribution in [3.05, 3.63) is 11.6 Å². The van der Waals surface area contributed by atoms with Gasteiger partial charge in [-0.05, 0) is 32.4 Å². The highest BCUT2D eigenvalue weighted by Crippen LogP contribution is 2.26. The van der Waals surface area contributed by atoms with E-state index in [1.807, 2.05) is 11.8 Å². The Kier molecular flexibility index (Phi) is 5.91. The first kappa shape index (κ1) is 13.6. The largest absolute Gasteiger partial charge is 0.478 e. The van der Waals surface area contributed by atoms with E-state index in [1.165, 1.54) is 25.7 Å². The van der Waals surface area contributed by atoms with Crippen LogP contribution in [0.15, 0.2) is 11.6 Å². The highest BCUT2D eigenvalue weighted by atomic mass is 32.2. The van der Waals surface area contributed by atoms with E-state index in [4.69, 9.17) is 5.11 Å². The standard InChI is InChI=1S/C12H21NO2S/c1-9(12(14)15)6-7-13-10-4-3-5-11(8-10)16-2/h6,10-11,13H,3-5,7-8H2,1-2H3,(H,14,15)/b9-6-. The topological polar surface area (TPSA) is 49.3 Å². The van der Waals surface area contributed by atoms with Crippen LogP contribution in [0.4, 0.5) is 0 Å². The highest BCUT2D eigenvalue weighted by molar-refractivity contribution is 7.99. The summed E-state index contributed by atoms with van der Waals surface area (Å²) >= 11 is 1.94. The average Bonchev–Trinajstić information content (AvgIpc) is 2.29. The average molecular weight is 243 g/mol. The summed E-state index contributed by atoms with van der Waals surface area (Å²) in [6, 6.07) is 0.559. The Morgan fingerprint density at radius 2 is 2.31 bits per heavy atom. The van der Waals surface area contributed by atoms with Gasteiger partial charge in [0.15, 0.2) is 0 Å². The van der Waals surface area contributed by atoms with E-state index in [-0.39, 0.29) is 0 Å². The summed E-state index contributed by atoms with van der Waals surface area (Å²) in [6.07, 6.45) is 8.96. The minimum absolute atomic E-state index is 0.421. The van der Waals surface area contributed by atoms with Crippen molar-refractivity contribution in [3.63, 3.8) is 0 Å². The van der Waals surface area contributed by atoms with Gasteiger partial charge >= 0.3 is 5.97 Å². The minimum Gasteiger partial charge on any atom is -0.478 e. The second kappa shape index (κ2) is 6.97. The fourth-order valence-corrected chi connectivity index (χ4v) is 2.84. The Morgan fingerprint density at radius 3 is 2.94 bits per heavy atom. The molecule has 0 amide bonds. The van der Waals surface area contributed by atoms with Gasteiger partial charge in [-0.3, -0.25) is 0 Å². The lowest BCUT2D eigenvalue weighted by atomic mass is 9.95. The van der Waals surface area contributed by atoms with Gasteiger partial charge in [-0.1, -0.05) is 12.5 Å². The SMILES string of the molecule is CSC1CCCC(NC/C=C(/C)C(=O)O)C1. The van der Waals surface area contributed by atoms with Crippen molar-refractivity contribution in [3.8, 4) is 0 Å². The maximum atomic E-state index is 10.6. The number of hydrogen-bond acceptors (Lipinski definition) is 3. The van der Waals surface area contributed by atoms with Crippen molar-refractivity contribution in [2.75, 3.05) is 12.8 Å². The summed E-state index contributed by atoms with van der Waals surface area (Å²) in [4.78, 5) is 10.6. The molecule has 0 aromatic rings. The highest BCUT2D eigenvalue weighted by Gasteiger charge is 2.20. The molecule has 0 aromatic heterocycles. The summed E-state index contributed by atoms with van der Waals surface area (Å²) < 4.78 is 0. The predicted octanol–water partition coefficient (Wildman–Crippen LogP) is 2.28. The summed E-state index contributed by atoms with van der Waals surface area (Å²) in [5.41, 5.74) is 0.421. The molecule has 0 bridgehead atoms. The van der Waals surface area contributed by atoms with Gasteiger partial charge in [-0.2, -0.15) is 11.8 Å². The Hall–Kier alpha value is -0.480. The quantitative estimate of drug-likeness (QED) is 0.727. The summed E-state index contributed by atoms with van der Waals surface area (Å²) in [7, 11) is 0. The van der Waals surface area contributed by atoms with Crippen molar-refractivity contribution in [1.29, 1.82) is 0 Å². The number of nitrogens with one attached hydrogen (secondary N) is 1. The van der Waals surface area contributed by atoms with E-state index < -0.39 is 5.97 Å². The first-order valence-corrected chi connectivity index (χ1v) is 7.08. The van der Waals surface area contributed by atoms with E-state index in [1.54, 1.807) is 13.0 Å². The zero-order chi connectivity index (χ0) is 12.0. The van der Waals surface area contributed by atoms with Crippen LogP contribution in [0.2, 0.25) is 0 Å². The monoisotopic (exact) mass is 243 g/mol. The molecule has 0 heterocycles. The Balaban J connectivity index is 2.27. The molecule has 4 heteroatoms. The first-order valence-electron chi connectivity index (χ1n) is 5.79. The van der Waals surface area contributed by atoms with Crippen molar-refractivity contribution in [2.24, 2.45) is 0 Å². The molecule has 0 aliphatic heterocycles. The maximum absolute atomic E-state index is 10.6. The van der Waals surface area contributed by atoms with Gasteiger partial charge in [-0.15, -0.1) is 0 Å². The molecule has 0 saturated heterocycles. The van der Waals surface area contributed by atoms with Gasteiger partial charge in [0.25, 0.3) is 0 Å². The van der Waals surface area contributed by atoms with Crippen LogP contribution < -0.4 is 5.32 Å². The van der Waals surface area contributed by atoms with Crippen LogP contribution in [0.25, 0.3) is 0 Å². The van der Waals surface area contributed by atoms with Gasteiger partial charge < -0.3 is 10.4 Å². The Labute approximate surface area is 102 Å². The van der Waals surface area contributed by atoms with Crippen molar-refractivity contribution < 1.29 is 9.90 Å². The molecule has 1 fully saturated rings. The molecule has 1 aliphatic carbocycles. The number of carboxylic acid groups (broad SMARTS) is 1. The van der Waals surface area contributed by atoms with E-state index in [9.17, 15) is 4.79 Å². The minimum atomic E-state index is -0.826. The van der Waals surface area contributed by atoms with Crippen molar-refractivity contribution in [2.45, 2.75) is 43.9 Å². The molecule has 16 heavy (non-hydrogen) atoms.